The van der Waals surface area contributed by atoms with Crippen molar-refractivity contribution in [1.29, 1.82) is 0 Å². The molecule has 0 spiro atoms. The summed E-state index contributed by atoms with van der Waals surface area (Å²) < 4.78 is 1.06. The number of carbonyl (C=O) groups is 2. The lowest BCUT2D eigenvalue weighted by Gasteiger charge is -2.25. The van der Waals surface area contributed by atoms with Gasteiger partial charge in [0.15, 0.2) is 0 Å². The van der Waals surface area contributed by atoms with Crippen molar-refractivity contribution in [1.82, 2.24) is 9.80 Å². The number of hydrogen-bond donors (Lipinski definition) is 1. The molecular weight excluding hydrogens is 618 g/mol. The third-order valence-electron chi connectivity index (χ3n) is 8.78. The smallest absolute Gasteiger partial charge is 0.249 e. The van der Waals surface area contributed by atoms with E-state index in [0.29, 0.717) is 12.8 Å². The zero-order valence-electron chi connectivity index (χ0n) is 27.2. The van der Waals surface area contributed by atoms with E-state index in [-0.39, 0.29) is 39.5 Å². The molecule has 1 unspecified atom stereocenters. The summed E-state index contributed by atoms with van der Waals surface area (Å²) in [5.41, 5.74) is 7.15. The number of likely N-dealkylation sites (tertiary alicyclic amines) is 2. The summed E-state index contributed by atoms with van der Waals surface area (Å²) in [6.45, 7) is 5.63. The highest BCUT2D eigenvalue weighted by Crippen LogP contribution is 2.41. The second-order valence-electron chi connectivity index (χ2n) is 11.5. The molecule has 6 rings (SSSR count). The molecule has 9 N–H and O–H groups in total. The van der Waals surface area contributed by atoms with Gasteiger partial charge < -0.3 is 36.8 Å². The van der Waals surface area contributed by atoms with Crippen LogP contribution in [0.3, 0.4) is 0 Å². The van der Waals surface area contributed by atoms with Crippen LogP contribution >= 0.6 is 11.3 Å². The number of carbonyl (C=O) groups excluding carboxylic acids is 2. The molecule has 11 heteroatoms. The first kappa shape index (κ1) is 40.7. The second kappa shape index (κ2) is 17.6. The van der Waals surface area contributed by atoms with Crippen molar-refractivity contribution >= 4 is 38.9 Å². The minimum atomic E-state index is -0.403. The number of phenolic OH excluding ortho intramolecular Hbond substituents is 1. The van der Waals surface area contributed by atoms with Crippen LogP contribution < -0.4 is 4.90 Å². The molecule has 1 aromatic heterocycles. The van der Waals surface area contributed by atoms with E-state index in [1.165, 1.54) is 53.1 Å². The topological polar surface area (TPSA) is 190 Å². The normalized spacial score (nSPS) is 15.4. The molecule has 3 heterocycles. The summed E-state index contributed by atoms with van der Waals surface area (Å²) in [5.74, 6) is 0.226. The molecule has 2 aliphatic rings. The fourth-order valence-corrected chi connectivity index (χ4v) is 7.52. The molecule has 2 saturated heterocycles. The molecule has 2 aliphatic heterocycles. The number of likely N-dealkylation sites (N-methyl/N-ethyl adjacent to an activating group) is 2. The number of amides is 2. The Labute approximate surface area is 280 Å². The average molecular weight is 666 g/mol. The predicted molar refractivity (Wildman–Crippen MR) is 191 cm³/mol. The Kier molecular flexibility index (Phi) is 15.2. The fourth-order valence-electron chi connectivity index (χ4n) is 6.26. The van der Waals surface area contributed by atoms with E-state index in [4.69, 9.17) is 0 Å². The van der Waals surface area contributed by atoms with E-state index in [0.717, 1.165) is 34.3 Å². The summed E-state index contributed by atoms with van der Waals surface area (Å²) in [5, 5.41) is 11.3. The Morgan fingerprint density at radius 1 is 0.979 bits per heavy atom. The largest absolute Gasteiger partial charge is 0.508 e. The Hall–Kier alpha value is -4.28. The molecule has 10 nitrogen and oxygen atoms in total. The van der Waals surface area contributed by atoms with Crippen LogP contribution in [0.1, 0.15) is 47.9 Å². The van der Waals surface area contributed by atoms with Gasteiger partial charge in [0.05, 0.1) is 0 Å². The number of hydrogen-bond acceptors (Lipinski definition) is 5. The van der Waals surface area contributed by atoms with E-state index in [9.17, 15) is 14.7 Å². The highest BCUT2D eigenvalue weighted by atomic mass is 32.1. The van der Waals surface area contributed by atoms with Crippen LogP contribution in [0.2, 0.25) is 0 Å². The van der Waals surface area contributed by atoms with Crippen molar-refractivity contribution < 1.29 is 36.6 Å². The Bertz CT molecular complexity index is 1660. The molecule has 0 aliphatic carbocycles. The van der Waals surface area contributed by atoms with Crippen molar-refractivity contribution in [2.75, 3.05) is 32.1 Å². The lowest BCUT2D eigenvalue weighted by atomic mass is 9.96. The number of benzene rings is 3. The minimum absolute atomic E-state index is 0. The first-order chi connectivity index (χ1) is 20.8. The standard InChI is InChI=1S/C34H37N3O3S.C2H2.4H2O/c1-22-18-23(6-7-25(22)21-37-16-4-5-17-37)19-29-28-13-12-27(38)20-31(28)41-33(29)24-8-10-26(11-9-24)35(2)34(40)30-14-15-32(39)36(30)3;1-2;;;;/h6-13,18,20,30,38H,4-5,14-17,19,21H2,1-3H3;1-2H;4*1H2. The highest BCUT2D eigenvalue weighted by Gasteiger charge is 2.35. The third-order valence-corrected chi connectivity index (χ3v) is 10.0. The van der Waals surface area contributed by atoms with Crippen LogP contribution in [0.5, 0.6) is 5.75 Å². The Morgan fingerprint density at radius 3 is 2.23 bits per heavy atom. The molecule has 3 aromatic carbocycles. The number of rotatable bonds is 7. The summed E-state index contributed by atoms with van der Waals surface area (Å²) >= 11 is 1.69. The van der Waals surface area contributed by atoms with Crippen molar-refractivity contribution in [3.63, 3.8) is 0 Å². The maximum atomic E-state index is 13.1. The van der Waals surface area contributed by atoms with Crippen molar-refractivity contribution in [2.45, 2.75) is 51.6 Å². The second-order valence-corrected chi connectivity index (χ2v) is 12.6. The molecule has 0 radical (unpaired) electrons. The maximum absolute atomic E-state index is 13.1. The SMILES string of the molecule is C#C.Cc1cc(Cc2c(-c3ccc(N(C)C(=O)C4CCC(=O)N4C)cc3)sc3cc(O)ccc23)ccc1CN1CCCC1.O.O.O.O. The van der Waals surface area contributed by atoms with Gasteiger partial charge in [-0.25, -0.2) is 0 Å². The fraction of sp³-hybridized carbons (Fsp3) is 0.333. The molecule has 0 saturated carbocycles. The van der Waals surface area contributed by atoms with Gasteiger partial charge in [-0.15, -0.1) is 24.2 Å². The number of fused-ring (bicyclic) bond motifs is 1. The van der Waals surface area contributed by atoms with Gasteiger partial charge >= 0.3 is 0 Å². The van der Waals surface area contributed by atoms with Gasteiger partial charge in [-0.1, -0.05) is 30.3 Å². The number of nitrogens with zero attached hydrogens (tertiary/aromatic N) is 3. The average Bonchev–Trinajstić information content (AvgIpc) is 3.74. The van der Waals surface area contributed by atoms with Gasteiger partial charge in [0.25, 0.3) is 0 Å². The van der Waals surface area contributed by atoms with Crippen LogP contribution in [-0.4, -0.2) is 81.9 Å². The molecule has 47 heavy (non-hydrogen) atoms. The molecule has 4 aromatic rings. The molecule has 0 bridgehead atoms. The highest BCUT2D eigenvalue weighted by molar-refractivity contribution is 7.22. The predicted octanol–water partition coefficient (Wildman–Crippen LogP) is 3.30. The van der Waals surface area contributed by atoms with Gasteiger partial charge in [0, 0.05) is 42.3 Å². The van der Waals surface area contributed by atoms with E-state index >= 15 is 0 Å². The number of aromatic hydroxyl groups is 1. The monoisotopic (exact) mass is 665 g/mol. The van der Waals surface area contributed by atoms with E-state index in [2.05, 4.69) is 55.0 Å². The summed E-state index contributed by atoms with van der Waals surface area (Å²) in [7, 11) is 3.48. The summed E-state index contributed by atoms with van der Waals surface area (Å²) in [6, 6.07) is 20.2. The first-order valence-electron chi connectivity index (χ1n) is 14.8. The van der Waals surface area contributed by atoms with Crippen LogP contribution in [0.15, 0.2) is 60.7 Å². The van der Waals surface area contributed by atoms with Crippen LogP contribution in [0, 0.1) is 19.8 Å². The zero-order chi connectivity index (χ0) is 30.7. The number of thiophene rings is 1. The number of terminal acetylenes is 1. The number of anilines is 1. The molecule has 2 fully saturated rings. The molecule has 1 atom stereocenters. The number of phenols is 1. The number of aryl methyl sites for hydroxylation is 1. The maximum Gasteiger partial charge on any atom is 0.249 e. The third kappa shape index (κ3) is 8.55. The van der Waals surface area contributed by atoms with E-state index in [1.54, 1.807) is 41.3 Å². The van der Waals surface area contributed by atoms with Crippen molar-refractivity contribution in [3.8, 4) is 29.0 Å². The first-order valence-corrected chi connectivity index (χ1v) is 15.6. The van der Waals surface area contributed by atoms with Crippen LogP contribution in [-0.2, 0) is 22.6 Å². The summed E-state index contributed by atoms with van der Waals surface area (Å²) in [4.78, 5) is 32.0. The zero-order valence-corrected chi connectivity index (χ0v) is 28.0. The van der Waals surface area contributed by atoms with Crippen LogP contribution in [0.4, 0.5) is 5.69 Å². The van der Waals surface area contributed by atoms with E-state index in [1.807, 2.05) is 24.3 Å². The minimum Gasteiger partial charge on any atom is -0.508 e. The Morgan fingerprint density at radius 2 is 1.64 bits per heavy atom. The lowest BCUT2D eigenvalue weighted by Crippen LogP contribution is -2.43. The Balaban J connectivity index is 0.00000181. The van der Waals surface area contributed by atoms with Crippen LogP contribution in [0.25, 0.3) is 20.5 Å². The molecule has 2 amide bonds. The lowest BCUT2D eigenvalue weighted by molar-refractivity contribution is -0.132. The molecular formula is C36H47N3O7S. The van der Waals surface area contributed by atoms with E-state index < -0.39 is 6.04 Å². The van der Waals surface area contributed by atoms with Crippen molar-refractivity contribution in [2.24, 2.45) is 0 Å². The summed E-state index contributed by atoms with van der Waals surface area (Å²) in [6.07, 6.45) is 12.4. The van der Waals surface area contributed by atoms with Gasteiger partial charge in [0.1, 0.15) is 11.8 Å². The van der Waals surface area contributed by atoms with Crippen molar-refractivity contribution in [3.05, 3.63) is 82.9 Å². The molecule has 254 valence electrons. The van der Waals surface area contributed by atoms with Gasteiger partial charge in [-0.05, 0) is 109 Å². The van der Waals surface area contributed by atoms with Gasteiger partial charge in [0.2, 0.25) is 11.8 Å². The van der Waals surface area contributed by atoms with Gasteiger partial charge in [-0.3, -0.25) is 14.5 Å². The van der Waals surface area contributed by atoms with Gasteiger partial charge in [-0.2, -0.15) is 0 Å². The quantitative estimate of drug-likeness (QED) is 0.297.